The number of hydrogen-bond donors (Lipinski definition) is 0. The van der Waals surface area contributed by atoms with Gasteiger partial charge in [0.2, 0.25) is 0 Å². The first-order chi connectivity index (χ1) is 9.97. The predicted octanol–water partition coefficient (Wildman–Crippen LogP) is 2.40. The van der Waals surface area contributed by atoms with Gasteiger partial charge in [0.05, 0.1) is 16.9 Å². The molecule has 0 amide bonds. The first kappa shape index (κ1) is 14.8. The van der Waals surface area contributed by atoms with Crippen molar-refractivity contribution in [1.29, 1.82) is 0 Å². The number of esters is 1. The van der Waals surface area contributed by atoms with Gasteiger partial charge in [-0.1, -0.05) is 12.1 Å². The number of thiazole rings is 1. The molecule has 0 radical (unpaired) electrons. The zero-order chi connectivity index (χ0) is 15.4. The largest absolute Gasteiger partial charge is 0.426 e. The number of ether oxygens (including phenoxy) is 1. The van der Waals surface area contributed by atoms with Crippen molar-refractivity contribution in [2.24, 2.45) is 0 Å². The van der Waals surface area contributed by atoms with Gasteiger partial charge in [-0.05, 0) is 23.5 Å². The highest BCUT2D eigenvalue weighted by Crippen LogP contribution is 2.24. The number of nitrogens with zero attached hydrogens (tertiary/aromatic N) is 2. The highest BCUT2D eigenvalue weighted by atomic mass is 32.1. The standard InChI is InChI=1S/C13H10N2O5S/c1-8(16)20-11-5-3-2-4-9(11)10(17)6-12-14-7-13(21-12)15(18)19/h2-5,7H,6H2,1H3. The van der Waals surface area contributed by atoms with Crippen molar-refractivity contribution in [1.82, 2.24) is 4.98 Å². The number of carbonyl (C=O) groups is 2. The highest BCUT2D eigenvalue weighted by Gasteiger charge is 2.18. The van der Waals surface area contributed by atoms with Gasteiger partial charge in [0.1, 0.15) is 17.0 Å². The monoisotopic (exact) mass is 306 g/mol. The quantitative estimate of drug-likeness (QED) is 0.276. The van der Waals surface area contributed by atoms with E-state index in [1.54, 1.807) is 12.1 Å². The van der Waals surface area contributed by atoms with Crippen LogP contribution < -0.4 is 4.74 Å². The molecule has 0 aliphatic rings. The molecule has 0 unspecified atom stereocenters. The number of aromatic nitrogens is 1. The molecular weight excluding hydrogens is 296 g/mol. The fourth-order valence-electron chi connectivity index (χ4n) is 1.64. The number of nitro groups is 1. The van der Waals surface area contributed by atoms with E-state index in [-0.39, 0.29) is 28.5 Å². The van der Waals surface area contributed by atoms with Crippen LogP contribution in [0.4, 0.5) is 5.00 Å². The molecule has 0 N–H and O–H groups in total. The Morgan fingerprint density at radius 3 is 2.71 bits per heavy atom. The molecule has 7 nitrogen and oxygen atoms in total. The van der Waals surface area contributed by atoms with Crippen LogP contribution in [0.3, 0.4) is 0 Å². The molecule has 0 bridgehead atoms. The second-order valence-electron chi connectivity index (χ2n) is 4.04. The van der Waals surface area contributed by atoms with Crippen molar-refractivity contribution < 1.29 is 19.2 Å². The number of hydrogen-bond acceptors (Lipinski definition) is 7. The second-order valence-corrected chi connectivity index (χ2v) is 5.13. The number of ketones is 1. The summed E-state index contributed by atoms with van der Waals surface area (Å²) in [5.74, 6) is -0.683. The molecule has 1 aromatic heterocycles. The van der Waals surface area contributed by atoms with E-state index in [2.05, 4.69) is 4.98 Å². The lowest BCUT2D eigenvalue weighted by Crippen LogP contribution is -2.09. The Morgan fingerprint density at radius 2 is 2.10 bits per heavy atom. The molecular formula is C13H10N2O5S. The summed E-state index contributed by atoms with van der Waals surface area (Å²) < 4.78 is 4.96. The molecule has 8 heteroatoms. The van der Waals surface area contributed by atoms with Gasteiger partial charge in [0.25, 0.3) is 0 Å². The minimum atomic E-state index is -0.557. The van der Waals surface area contributed by atoms with E-state index in [1.165, 1.54) is 19.1 Å². The molecule has 0 aliphatic heterocycles. The Kier molecular flexibility index (Phi) is 4.39. The van der Waals surface area contributed by atoms with Crippen LogP contribution in [0.1, 0.15) is 22.3 Å². The van der Waals surface area contributed by atoms with E-state index in [0.717, 1.165) is 17.5 Å². The lowest BCUT2D eigenvalue weighted by Gasteiger charge is -2.06. The Labute approximate surface area is 123 Å². The molecule has 108 valence electrons. The van der Waals surface area contributed by atoms with E-state index in [0.29, 0.717) is 5.01 Å². The van der Waals surface area contributed by atoms with Crippen LogP contribution in [0.15, 0.2) is 30.5 Å². The van der Waals surface area contributed by atoms with E-state index < -0.39 is 10.9 Å². The van der Waals surface area contributed by atoms with Crippen molar-refractivity contribution in [3.8, 4) is 5.75 Å². The van der Waals surface area contributed by atoms with Gasteiger partial charge >= 0.3 is 11.0 Å². The van der Waals surface area contributed by atoms with Crippen LogP contribution in [-0.2, 0) is 11.2 Å². The van der Waals surface area contributed by atoms with Crippen LogP contribution in [-0.4, -0.2) is 21.7 Å². The van der Waals surface area contributed by atoms with E-state index in [4.69, 9.17) is 4.74 Å². The molecule has 1 aromatic carbocycles. The molecule has 0 saturated heterocycles. The van der Waals surface area contributed by atoms with Crippen molar-refractivity contribution in [3.63, 3.8) is 0 Å². The van der Waals surface area contributed by atoms with Crippen LogP contribution in [0.2, 0.25) is 0 Å². The minimum absolute atomic E-state index is 0.0865. The lowest BCUT2D eigenvalue weighted by molar-refractivity contribution is -0.380. The van der Waals surface area contributed by atoms with Crippen molar-refractivity contribution in [3.05, 3.63) is 51.1 Å². The summed E-state index contributed by atoms with van der Waals surface area (Å²) in [6.45, 7) is 1.24. The fraction of sp³-hybridized carbons (Fsp3) is 0.154. The maximum Gasteiger partial charge on any atom is 0.343 e. The Bertz CT molecular complexity index is 710. The first-order valence-corrected chi connectivity index (χ1v) is 6.68. The number of benzene rings is 1. The second kappa shape index (κ2) is 6.23. The van der Waals surface area contributed by atoms with Gasteiger partial charge in [-0.2, -0.15) is 0 Å². The van der Waals surface area contributed by atoms with Crippen molar-refractivity contribution in [2.45, 2.75) is 13.3 Å². The van der Waals surface area contributed by atoms with Crippen LogP contribution in [0.5, 0.6) is 5.75 Å². The molecule has 0 saturated carbocycles. The molecule has 21 heavy (non-hydrogen) atoms. The highest BCUT2D eigenvalue weighted by molar-refractivity contribution is 7.14. The third kappa shape index (κ3) is 3.69. The average Bonchev–Trinajstić information content (AvgIpc) is 2.87. The smallest absolute Gasteiger partial charge is 0.343 e. The summed E-state index contributed by atoms with van der Waals surface area (Å²) in [5, 5.41) is 10.8. The molecule has 0 spiro atoms. The van der Waals surface area contributed by atoms with Gasteiger partial charge in [-0.15, -0.1) is 0 Å². The summed E-state index contributed by atoms with van der Waals surface area (Å²) in [6, 6.07) is 6.33. The Balaban J connectivity index is 2.19. The number of para-hydroxylation sites is 1. The number of Topliss-reactive ketones (excluding diaryl/α,β-unsaturated/α-hetero) is 1. The molecule has 0 aliphatic carbocycles. The number of rotatable bonds is 5. The van der Waals surface area contributed by atoms with Crippen LogP contribution >= 0.6 is 11.3 Å². The molecule has 0 fully saturated rings. The summed E-state index contributed by atoms with van der Waals surface area (Å²) in [6.07, 6.45) is 1.03. The van der Waals surface area contributed by atoms with Crippen molar-refractivity contribution >= 4 is 28.1 Å². The van der Waals surface area contributed by atoms with Gasteiger partial charge < -0.3 is 4.74 Å². The SMILES string of the molecule is CC(=O)Oc1ccccc1C(=O)Cc1ncc([N+](=O)[O-])s1. The van der Waals surface area contributed by atoms with E-state index >= 15 is 0 Å². The van der Waals surface area contributed by atoms with Crippen molar-refractivity contribution in [2.75, 3.05) is 0 Å². The zero-order valence-electron chi connectivity index (χ0n) is 10.9. The average molecular weight is 306 g/mol. The maximum absolute atomic E-state index is 12.2. The van der Waals surface area contributed by atoms with Gasteiger partial charge in [0.15, 0.2) is 5.78 Å². The van der Waals surface area contributed by atoms with Crippen LogP contribution in [0, 0.1) is 10.1 Å². The zero-order valence-corrected chi connectivity index (χ0v) is 11.8. The van der Waals surface area contributed by atoms with Gasteiger partial charge in [-0.3, -0.25) is 19.7 Å². The summed E-state index contributed by atoms with van der Waals surface area (Å²) >= 11 is 0.845. The minimum Gasteiger partial charge on any atom is -0.426 e. The fourth-order valence-corrected chi connectivity index (χ4v) is 2.37. The summed E-state index contributed by atoms with van der Waals surface area (Å²) in [4.78, 5) is 37.1. The topological polar surface area (TPSA) is 99.4 Å². The maximum atomic E-state index is 12.2. The first-order valence-electron chi connectivity index (χ1n) is 5.87. The number of carbonyl (C=O) groups excluding carboxylic acids is 2. The molecule has 2 rings (SSSR count). The molecule has 1 heterocycles. The Hall–Kier alpha value is -2.61. The van der Waals surface area contributed by atoms with E-state index in [9.17, 15) is 19.7 Å². The molecule has 0 atom stereocenters. The third-order valence-corrected chi connectivity index (χ3v) is 3.42. The van der Waals surface area contributed by atoms with Crippen LogP contribution in [0.25, 0.3) is 0 Å². The van der Waals surface area contributed by atoms with Gasteiger partial charge in [0, 0.05) is 6.92 Å². The lowest BCUT2D eigenvalue weighted by atomic mass is 10.1. The summed E-state index contributed by atoms with van der Waals surface area (Å²) in [7, 11) is 0. The Morgan fingerprint density at radius 1 is 1.38 bits per heavy atom. The third-order valence-electron chi connectivity index (χ3n) is 2.47. The normalized spacial score (nSPS) is 10.1. The molecule has 2 aromatic rings. The van der Waals surface area contributed by atoms with Gasteiger partial charge in [-0.25, -0.2) is 4.98 Å². The van der Waals surface area contributed by atoms with E-state index in [1.807, 2.05) is 0 Å². The predicted molar refractivity (Wildman–Crippen MR) is 74.6 cm³/mol. The summed E-state index contributed by atoms with van der Waals surface area (Å²) in [5.41, 5.74) is 0.241.